The summed E-state index contributed by atoms with van der Waals surface area (Å²) in [6, 6.07) is 0. The van der Waals surface area contributed by atoms with Gasteiger partial charge in [-0.15, -0.1) is 0 Å². The third-order valence-electron chi connectivity index (χ3n) is 3.13. The minimum Gasteiger partial charge on any atom is -0.355 e. The van der Waals surface area contributed by atoms with Crippen molar-refractivity contribution in [3.05, 3.63) is 17.0 Å². The fourth-order valence-electron chi connectivity index (χ4n) is 2.13. The van der Waals surface area contributed by atoms with Crippen molar-refractivity contribution in [2.24, 2.45) is 7.05 Å². The van der Waals surface area contributed by atoms with Crippen LogP contribution in [0.5, 0.6) is 0 Å². The van der Waals surface area contributed by atoms with Crippen LogP contribution >= 0.6 is 12.6 Å². The van der Waals surface area contributed by atoms with Gasteiger partial charge in [0.05, 0.1) is 11.6 Å². The molecule has 1 rings (SSSR count). The average molecular weight is 309 g/mol. The lowest BCUT2D eigenvalue weighted by atomic mass is 9.93. The van der Waals surface area contributed by atoms with E-state index in [-0.39, 0.29) is 12.1 Å². The standard InChI is InChI=1S/C12H18F3N3OS/c1-7-11(8(2)18(3)17-7)9(12(13,14)15)6-10(19)16-4-5-20/h9,20H,4-6H2,1-3H3,(H,16,19). The van der Waals surface area contributed by atoms with Crippen LogP contribution in [0.2, 0.25) is 0 Å². The first-order chi connectivity index (χ1) is 9.18. The van der Waals surface area contributed by atoms with Gasteiger partial charge in [0.25, 0.3) is 0 Å². The molecule has 0 saturated heterocycles. The summed E-state index contributed by atoms with van der Waals surface area (Å²) in [5.74, 6) is -2.09. The quantitative estimate of drug-likeness (QED) is 0.819. The Morgan fingerprint density at radius 2 is 2.05 bits per heavy atom. The molecule has 1 heterocycles. The molecule has 20 heavy (non-hydrogen) atoms. The predicted octanol–water partition coefficient (Wildman–Crippen LogP) is 2.12. The Hall–Kier alpha value is -1.18. The molecule has 1 atom stereocenters. The number of halogens is 3. The van der Waals surface area contributed by atoms with Gasteiger partial charge in [0.1, 0.15) is 0 Å². The lowest BCUT2D eigenvalue weighted by Crippen LogP contribution is -2.32. The molecule has 1 N–H and O–H groups in total. The summed E-state index contributed by atoms with van der Waals surface area (Å²) in [5.41, 5.74) is 0.808. The molecular formula is C12H18F3N3OS. The predicted molar refractivity (Wildman–Crippen MR) is 73.0 cm³/mol. The molecule has 1 amide bonds. The van der Waals surface area contributed by atoms with Gasteiger partial charge in [-0.2, -0.15) is 30.9 Å². The van der Waals surface area contributed by atoms with Gasteiger partial charge >= 0.3 is 6.18 Å². The highest BCUT2D eigenvalue weighted by atomic mass is 32.1. The van der Waals surface area contributed by atoms with Gasteiger partial charge in [0.2, 0.25) is 5.91 Å². The molecule has 0 fully saturated rings. The van der Waals surface area contributed by atoms with Crippen LogP contribution in [0.15, 0.2) is 0 Å². The van der Waals surface area contributed by atoms with E-state index >= 15 is 0 Å². The first-order valence-electron chi connectivity index (χ1n) is 6.12. The Bertz CT molecular complexity index is 485. The number of aryl methyl sites for hydroxylation is 2. The van der Waals surface area contributed by atoms with Crippen molar-refractivity contribution in [3.8, 4) is 0 Å². The second-order valence-electron chi connectivity index (χ2n) is 4.58. The Morgan fingerprint density at radius 1 is 1.45 bits per heavy atom. The normalized spacial score (nSPS) is 13.3. The zero-order valence-corrected chi connectivity index (χ0v) is 12.5. The van der Waals surface area contributed by atoms with Crippen LogP contribution in [0.1, 0.15) is 29.3 Å². The molecule has 0 spiro atoms. The van der Waals surface area contributed by atoms with E-state index in [1.54, 1.807) is 14.0 Å². The van der Waals surface area contributed by atoms with E-state index in [0.717, 1.165) is 0 Å². The number of alkyl halides is 3. The van der Waals surface area contributed by atoms with Crippen LogP contribution in [-0.4, -0.2) is 34.2 Å². The molecule has 0 aliphatic rings. The smallest absolute Gasteiger partial charge is 0.355 e. The van der Waals surface area contributed by atoms with Crippen LogP contribution in [-0.2, 0) is 11.8 Å². The second-order valence-corrected chi connectivity index (χ2v) is 5.03. The van der Waals surface area contributed by atoms with Gasteiger partial charge in [-0.1, -0.05) is 0 Å². The van der Waals surface area contributed by atoms with E-state index in [2.05, 4.69) is 23.0 Å². The Morgan fingerprint density at radius 3 is 2.45 bits per heavy atom. The zero-order valence-electron chi connectivity index (χ0n) is 11.6. The van der Waals surface area contributed by atoms with Crippen LogP contribution in [0.4, 0.5) is 13.2 Å². The van der Waals surface area contributed by atoms with Gasteiger partial charge in [-0.05, 0) is 13.8 Å². The third kappa shape index (κ3) is 3.91. The molecule has 0 radical (unpaired) electrons. The summed E-state index contributed by atoms with van der Waals surface area (Å²) in [6.45, 7) is 3.34. The molecule has 1 unspecified atom stereocenters. The minimum absolute atomic E-state index is 0.0843. The van der Waals surface area contributed by atoms with Crippen LogP contribution in [0.25, 0.3) is 0 Å². The van der Waals surface area contributed by atoms with E-state index < -0.39 is 24.4 Å². The second kappa shape index (κ2) is 6.51. The van der Waals surface area contributed by atoms with Crippen LogP contribution in [0.3, 0.4) is 0 Å². The van der Waals surface area contributed by atoms with Gasteiger partial charge in [0.15, 0.2) is 0 Å². The molecule has 114 valence electrons. The molecular weight excluding hydrogens is 291 g/mol. The highest BCUT2D eigenvalue weighted by Gasteiger charge is 2.44. The molecule has 4 nitrogen and oxygen atoms in total. The molecule has 0 saturated carbocycles. The highest BCUT2D eigenvalue weighted by molar-refractivity contribution is 7.80. The monoisotopic (exact) mass is 309 g/mol. The zero-order chi connectivity index (χ0) is 15.5. The number of hydrogen-bond acceptors (Lipinski definition) is 3. The number of rotatable bonds is 5. The summed E-state index contributed by atoms with van der Waals surface area (Å²) < 4.78 is 41.1. The molecule has 8 heteroatoms. The summed E-state index contributed by atoms with van der Waals surface area (Å²) in [5, 5.41) is 6.40. The van der Waals surface area contributed by atoms with Gasteiger partial charge in [0, 0.05) is 37.0 Å². The third-order valence-corrected chi connectivity index (χ3v) is 3.36. The maximum atomic E-state index is 13.2. The van der Waals surface area contributed by atoms with Crippen molar-refractivity contribution in [2.45, 2.75) is 32.4 Å². The number of aromatic nitrogens is 2. The summed E-state index contributed by atoms with van der Waals surface area (Å²) >= 11 is 3.90. The Labute approximate surface area is 121 Å². The van der Waals surface area contributed by atoms with Crippen molar-refractivity contribution in [1.82, 2.24) is 15.1 Å². The first kappa shape index (κ1) is 16.9. The topological polar surface area (TPSA) is 46.9 Å². The Balaban J connectivity index is 3.05. The largest absolute Gasteiger partial charge is 0.396 e. The molecule has 1 aromatic rings. The summed E-state index contributed by atoms with van der Waals surface area (Å²) in [7, 11) is 1.58. The number of carbonyl (C=O) groups is 1. The van der Waals surface area contributed by atoms with Crippen molar-refractivity contribution in [2.75, 3.05) is 12.3 Å². The van der Waals surface area contributed by atoms with Crippen molar-refractivity contribution in [1.29, 1.82) is 0 Å². The van der Waals surface area contributed by atoms with Gasteiger partial charge < -0.3 is 5.32 Å². The number of hydrogen-bond donors (Lipinski definition) is 2. The Kier molecular flexibility index (Phi) is 5.50. The first-order valence-corrected chi connectivity index (χ1v) is 6.76. The lowest BCUT2D eigenvalue weighted by Gasteiger charge is -2.20. The van der Waals surface area contributed by atoms with Gasteiger partial charge in [-0.25, -0.2) is 0 Å². The minimum atomic E-state index is -4.49. The fraction of sp³-hybridized carbons (Fsp3) is 0.667. The maximum Gasteiger partial charge on any atom is 0.396 e. The number of nitrogens with one attached hydrogen (secondary N) is 1. The highest BCUT2D eigenvalue weighted by Crippen LogP contribution is 2.40. The molecule has 0 aliphatic carbocycles. The van der Waals surface area contributed by atoms with Crippen LogP contribution < -0.4 is 5.32 Å². The fourth-order valence-corrected chi connectivity index (χ4v) is 2.24. The van der Waals surface area contributed by atoms with Crippen molar-refractivity contribution in [3.63, 3.8) is 0 Å². The van der Waals surface area contributed by atoms with Crippen LogP contribution in [0, 0.1) is 13.8 Å². The molecule has 0 aliphatic heterocycles. The molecule has 0 bridgehead atoms. The van der Waals surface area contributed by atoms with E-state index in [1.807, 2.05) is 0 Å². The van der Waals surface area contributed by atoms with Crippen molar-refractivity contribution < 1.29 is 18.0 Å². The number of amides is 1. The van der Waals surface area contributed by atoms with Crippen molar-refractivity contribution >= 4 is 18.5 Å². The summed E-state index contributed by atoms with van der Waals surface area (Å²) in [6.07, 6.45) is -5.12. The molecule has 1 aromatic heterocycles. The molecule has 0 aromatic carbocycles. The van der Waals surface area contributed by atoms with E-state index in [4.69, 9.17) is 0 Å². The number of nitrogens with zero attached hydrogens (tertiary/aromatic N) is 2. The summed E-state index contributed by atoms with van der Waals surface area (Å²) in [4.78, 5) is 11.6. The lowest BCUT2D eigenvalue weighted by molar-refractivity contribution is -0.157. The number of carbonyl (C=O) groups excluding carboxylic acids is 1. The SMILES string of the molecule is Cc1nn(C)c(C)c1C(CC(=O)NCCS)C(F)(F)F. The maximum absolute atomic E-state index is 13.2. The van der Waals surface area contributed by atoms with E-state index in [1.165, 1.54) is 11.6 Å². The average Bonchev–Trinajstić information content (AvgIpc) is 2.57. The van der Waals surface area contributed by atoms with E-state index in [0.29, 0.717) is 17.1 Å². The van der Waals surface area contributed by atoms with E-state index in [9.17, 15) is 18.0 Å². The van der Waals surface area contributed by atoms with Gasteiger partial charge in [-0.3, -0.25) is 9.48 Å². The number of thiol groups is 1.